The van der Waals surface area contributed by atoms with Crippen LogP contribution in [-0.4, -0.2) is 37.8 Å². The minimum Gasteiger partial charge on any atom is -0.398 e. The van der Waals surface area contributed by atoms with E-state index in [1.165, 1.54) is 0 Å². The molecule has 3 aliphatic heterocycles. The molecule has 0 bridgehead atoms. The van der Waals surface area contributed by atoms with Gasteiger partial charge in [0.2, 0.25) is 0 Å². The third-order valence-corrected chi connectivity index (χ3v) is 5.80. The quantitative estimate of drug-likeness (QED) is 0.506. The van der Waals surface area contributed by atoms with E-state index in [-0.39, 0.29) is 0 Å². The second-order valence-electron chi connectivity index (χ2n) is 8.10. The van der Waals surface area contributed by atoms with Gasteiger partial charge in [0.25, 0.3) is 0 Å². The van der Waals surface area contributed by atoms with Crippen molar-refractivity contribution in [3.8, 4) is 17.2 Å². The molecule has 6 nitrogen and oxygen atoms in total. The summed E-state index contributed by atoms with van der Waals surface area (Å²) in [5.41, 5.74) is 1.78. The summed E-state index contributed by atoms with van der Waals surface area (Å²) in [5.74, 6) is 1.50. The van der Waals surface area contributed by atoms with Crippen LogP contribution in [0.3, 0.4) is 0 Å². The van der Waals surface area contributed by atoms with E-state index >= 15 is 0 Å². The molecule has 0 unspecified atom stereocenters. The van der Waals surface area contributed by atoms with Crippen LogP contribution < -0.4 is 5.59 Å². The van der Waals surface area contributed by atoms with Crippen LogP contribution in [0.15, 0.2) is 55.0 Å². The summed E-state index contributed by atoms with van der Waals surface area (Å²) < 4.78 is 14.4. The molecule has 1 saturated heterocycles. The molecule has 0 saturated carbocycles. The van der Waals surface area contributed by atoms with E-state index in [0.717, 1.165) is 22.3 Å². The molecular weight excluding hydrogens is 351 g/mol. The standard InChI is InChI=1S/C21H21BN4O2/c1-20(2)21(3,4)28-22(27-20)17-19(24-12-11-23-17)26-13-7-9-15-14-8-5-6-10-16(14)25-18(15)26/h5-13H,1-4H3. The van der Waals surface area contributed by atoms with Crippen LogP contribution in [-0.2, 0) is 9.31 Å². The maximum absolute atomic E-state index is 6.22. The molecular formula is C21H21BN4O2. The summed E-state index contributed by atoms with van der Waals surface area (Å²) in [6.07, 6.45) is 5.30. The normalized spacial score (nSPS) is 18.2. The molecule has 0 spiro atoms. The number of para-hydroxylation sites is 1. The largest absolute Gasteiger partial charge is 0.518 e. The van der Waals surface area contributed by atoms with Gasteiger partial charge in [0.1, 0.15) is 11.4 Å². The smallest absolute Gasteiger partial charge is 0.398 e. The van der Waals surface area contributed by atoms with Crippen molar-refractivity contribution in [2.75, 3.05) is 0 Å². The maximum Gasteiger partial charge on any atom is 0.518 e. The van der Waals surface area contributed by atoms with Crippen molar-refractivity contribution in [2.24, 2.45) is 0 Å². The lowest BCUT2D eigenvalue weighted by atomic mass is 9.84. The zero-order valence-corrected chi connectivity index (χ0v) is 16.4. The lowest BCUT2D eigenvalue weighted by Crippen LogP contribution is -2.41. The summed E-state index contributed by atoms with van der Waals surface area (Å²) in [4.78, 5) is 14.0. The van der Waals surface area contributed by atoms with E-state index in [4.69, 9.17) is 14.3 Å². The van der Waals surface area contributed by atoms with Crippen LogP contribution in [0.5, 0.6) is 0 Å². The molecule has 0 aliphatic carbocycles. The fraction of sp³-hybridized carbons (Fsp3) is 0.286. The molecule has 0 N–H and O–H groups in total. The molecule has 0 atom stereocenters. The van der Waals surface area contributed by atoms with Crippen molar-refractivity contribution in [2.45, 2.75) is 38.9 Å². The molecule has 1 aromatic carbocycles. The number of rotatable bonds is 2. The first-order chi connectivity index (χ1) is 13.4. The van der Waals surface area contributed by atoms with Gasteiger partial charge in [-0.1, -0.05) is 18.2 Å². The van der Waals surface area contributed by atoms with Crippen molar-refractivity contribution in [3.05, 3.63) is 55.0 Å². The third-order valence-electron chi connectivity index (χ3n) is 5.80. The lowest BCUT2D eigenvalue weighted by molar-refractivity contribution is 0.00578. The van der Waals surface area contributed by atoms with Crippen LogP contribution in [0.2, 0.25) is 0 Å². The van der Waals surface area contributed by atoms with Gasteiger partial charge < -0.3 is 9.31 Å². The number of benzene rings is 1. The number of hydrogen-bond donors (Lipinski definition) is 0. The van der Waals surface area contributed by atoms with Crippen molar-refractivity contribution >= 4 is 23.6 Å². The van der Waals surface area contributed by atoms with E-state index in [2.05, 4.69) is 22.1 Å². The zero-order valence-electron chi connectivity index (χ0n) is 16.4. The highest BCUT2D eigenvalue weighted by molar-refractivity contribution is 6.62. The number of pyridine rings is 1. The zero-order chi connectivity index (χ0) is 19.5. The summed E-state index contributed by atoms with van der Waals surface area (Å²) >= 11 is 0. The third kappa shape index (κ3) is 2.47. The van der Waals surface area contributed by atoms with Gasteiger partial charge in [-0.3, -0.25) is 9.55 Å². The fourth-order valence-corrected chi connectivity index (χ4v) is 3.56. The Bertz CT molecular complexity index is 1140. The highest BCUT2D eigenvalue weighted by Crippen LogP contribution is 2.37. The number of aromatic nitrogens is 4. The Hall–Kier alpha value is -2.77. The first-order valence-electron chi connectivity index (χ1n) is 9.40. The maximum atomic E-state index is 6.22. The van der Waals surface area contributed by atoms with E-state index in [9.17, 15) is 0 Å². The van der Waals surface area contributed by atoms with E-state index < -0.39 is 18.3 Å². The van der Waals surface area contributed by atoms with Gasteiger partial charge in [-0.2, -0.15) is 0 Å². The number of hydrogen-bond acceptors (Lipinski definition) is 5. The minimum atomic E-state index is -0.596. The predicted octanol–water partition coefficient (Wildman–Crippen LogP) is 3.22. The molecule has 3 aliphatic rings. The van der Waals surface area contributed by atoms with Gasteiger partial charge in [-0.15, -0.1) is 0 Å². The van der Waals surface area contributed by atoms with Gasteiger partial charge in [0.05, 0.1) is 16.7 Å². The summed E-state index contributed by atoms with van der Waals surface area (Å²) in [6, 6.07) is 12.2. The Morgan fingerprint density at radius 3 is 2.39 bits per heavy atom. The first-order valence-corrected chi connectivity index (χ1v) is 9.40. The molecule has 1 aromatic heterocycles. The van der Waals surface area contributed by atoms with Gasteiger partial charge >= 0.3 is 7.12 Å². The summed E-state index contributed by atoms with van der Waals surface area (Å²) in [6.45, 7) is 8.12. The Kier molecular flexibility index (Phi) is 3.63. The Morgan fingerprint density at radius 2 is 1.61 bits per heavy atom. The van der Waals surface area contributed by atoms with E-state index in [1.807, 2.05) is 62.7 Å². The van der Waals surface area contributed by atoms with Gasteiger partial charge in [0, 0.05) is 29.5 Å². The van der Waals surface area contributed by atoms with Crippen molar-refractivity contribution < 1.29 is 9.31 Å². The molecule has 4 heterocycles. The highest BCUT2D eigenvalue weighted by atomic mass is 16.7. The van der Waals surface area contributed by atoms with Crippen molar-refractivity contribution in [1.29, 1.82) is 0 Å². The van der Waals surface area contributed by atoms with Gasteiger partial charge in [-0.25, -0.2) is 9.97 Å². The molecule has 28 heavy (non-hydrogen) atoms. The Labute approximate surface area is 164 Å². The van der Waals surface area contributed by atoms with Crippen LogP contribution in [0.25, 0.3) is 28.1 Å². The van der Waals surface area contributed by atoms with Crippen LogP contribution in [0.1, 0.15) is 27.7 Å². The fourth-order valence-electron chi connectivity index (χ4n) is 3.56. The van der Waals surface area contributed by atoms with E-state index in [1.54, 1.807) is 12.4 Å². The average molecular weight is 372 g/mol. The van der Waals surface area contributed by atoms with Gasteiger partial charge in [-0.05, 0) is 45.9 Å². The van der Waals surface area contributed by atoms with E-state index in [0.29, 0.717) is 11.4 Å². The summed E-state index contributed by atoms with van der Waals surface area (Å²) in [5, 5.41) is 1.12. The van der Waals surface area contributed by atoms with Crippen molar-refractivity contribution in [3.63, 3.8) is 0 Å². The predicted molar refractivity (Wildman–Crippen MR) is 109 cm³/mol. The summed E-state index contributed by atoms with van der Waals surface area (Å²) in [7, 11) is -0.596. The van der Waals surface area contributed by atoms with Crippen molar-refractivity contribution in [1.82, 2.24) is 19.5 Å². The Balaban J connectivity index is 1.67. The topological polar surface area (TPSA) is 62.1 Å². The first kappa shape index (κ1) is 17.3. The molecule has 7 heteroatoms. The second kappa shape index (κ2) is 5.86. The molecule has 140 valence electrons. The van der Waals surface area contributed by atoms with Crippen LogP contribution >= 0.6 is 0 Å². The molecule has 5 rings (SSSR count). The average Bonchev–Trinajstić information content (AvgIpc) is 3.15. The van der Waals surface area contributed by atoms with Gasteiger partial charge in [0.15, 0.2) is 5.82 Å². The monoisotopic (exact) mass is 372 g/mol. The second-order valence-corrected chi connectivity index (χ2v) is 8.10. The number of fused-ring (bicyclic) bond motifs is 3. The Morgan fingerprint density at radius 1 is 0.893 bits per heavy atom. The number of nitrogens with zero attached hydrogens (tertiary/aromatic N) is 4. The lowest BCUT2D eigenvalue weighted by Gasteiger charge is -2.32. The van der Waals surface area contributed by atoms with Crippen LogP contribution in [0.4, 0.5) is 0 Å². The molecule has 0 radical (unpaired) electrons. The SMILES string of the molecule is CC1(C)OB(c2nccnc2-n2cccc3c4ccccc4nc2-3)OC1(C)C. The minimum absolute atomic E-state index is 0.448. The molecule has 2 aromatic rings. The molecule has 1 fully saturated rings. The molecule has 0 amide bonds. The highest BCUT2D eigenvalue weighted by Gasteiger charge is 2.53. The van der Waals surface area contributed by atoms with Crippen LogP contribution in [0, 0.1) is 0 Å².